The third-order valence-corrected chi connectivity index (χ3v) is 5.26. The molecule has 0 radical (unpaired) electrons. The van der Waals surface area contributed by atoms with Crippen molar-refractivity contribution in [2.75, 3.05) is 6.61 Å². The molecule has 1 N–H and O–H groups in total. The lowest BCUT2D eigenvalue weighted by Gasteiger charge is -2.21. The van der Waals surface area contributed by atoms with Crippen LogP contribution in [0.5, 0.6) is 0 Å². The largest absolute Gasteiger partial charge is 0.550 e. The molecule has 30 heavy (non-hydrogen) atoms. The normalized spacial score (nSPS) is 13.2. The highest BCUT2D eigenvalue weighted by molar-refractivity contribution is 5.79. The number of alkyl carbamates (subject to hydrolysis) is 1. The molecule has 5 nitrogen and oxygen atoms in total. The molecule has 3 aromatic carbocycles. The molecule has 1 aliphatic carbocycles. The Bertz CT molecular complexity index is 1050. The molecule has 152 valence electrons. The predicted molar refractivity (Wildman–Crippen MR) is 107 cm³/mol. The van der Waals surface area contributed by atoms with Crippen LogP contribution in [0.15, 0.2) is 72.8 Å². The van der Waals surface area contributed by atoms with E-state index in [4.69, 9.17) is 4.74 Å². The summed E-state index contributed by atoms with van der Waals surface area (Å²) in [5.41, 5.74) is 4.69. The Hall–Kier alpha value is -3.67. The fourth-order valence-corrected chi connectivity index (χ4v) is 3.92. The Morgan fingerprint density at radius 1 is 0.967 bits per heavy atom. The van der Waals surface area contributed by atoms with Gasteiger partial charge in [-0.15, -0.1) is 0 Å². The average Bonchev–Trinajstić information content (AvgIpc) is 3.05. The first-order valence-corrected chi connectivity index (χ1v) is 9.59. The first kappa shape index (κ1) is 19.6. The Balaban J connectivity index is 1.48. The SMILES string of the molecule is O=C([O-])C[C@H](NC(=O)OCC1c2ccccc2-c2ccccc21)c1cccc(F)c1. The van der Waals surface area contributed by atoms with E-state index in [0.717, 1.165) is 22.3 Å². The fourth-order valence-electron chi connectivity index (χ4n) is 3.92. The number of amides is 1. The van der Waals surface area contributed by atoms with Crippen molar-refractivity contribution in [1.29, 1.82) is 0 Å². The molecule has 1 aliphatic rings. The monoisotopic (exact) mass is 404 g/mol. The number of ether oxygens (including phenoxy) is 1. The molecule has 6 heteroatoms. The van der Waals surface area contributed by atoms with E-state index in [9.17, 15) is 19.1 Å². The van der Waals surface area contributed by atoms with Gasteiger partial charge in [0.15, 0.2) is 0 Å². The van der Waals surface area contributed by atoms with Crippen LogP contribution in [0.4, 0.5) is 9.18 Å². The van der Waals surface area contributed by atoms with Crippen molar-refractivity contribution in [2.24, 2.45) is 0 Å². The molecule has 4 rings (SSSR count). The predicted octanol–water partition coefficient (Wildman–Crippen LogP) is 3.55. The van der Waals surface area contributed by atoms with E-state index in [2.05, 4.69) is 5.32 Å². The third-order valence-electron chi connectivity index (χ3n) is 5.26. The van der Waals surface area contributed by atoms with E-state index in [1.165, 1.54) is 18.2 Å². The second kappa shape index (κ2) is 8.37. The summed E-state index contributed by atoms with van der Waals surface area (Å²) in [4.78, 5) is 23.5. The summed E-state index contributed by atoms with van der Waals surface area (Å²) >= 11 is 0. The van der Waals surface area contributed by atoms with E-state index in [0.29, 0.717) is 5.56 Å². The molecule has 0 fully saturated rings. The van der Waals surface area contributed by atoms with Crippen molar-refractivity contribution in [3.05, 3.63) is 95.3 Å². The molecule has 0 saturated carbocycles. The zero-order chi connectivity index (χ0) is 21.1. The van der Waals surface area contributed by atoms with Gasteiger partial charge in [-0.3, -0.25) is 0 Å². The van der Waals surface area contributed by atoms with Crippen LogP contribution < -0.4 is 10.4 Å². The third kappa shape index (κ3) is 4.03. The summed E-state index contributed by atoms with van der Waals surface area (Å²) < 4.78 is 19.0. The van der Waals surface area contributed by atoms with Gasteiger partial charge >= 0.3 is 6.09 Å². The van der Waals surface area contributed by atoms with Gasteiger partial charge in [0.05, 0.1) is 6.04 Å². The molecule has 0 spiro atoms. The number of benzene rings is 3. The standard InChI is InChI=1S/C24H20FNO4/c25-16-7-5-6-15(12-16)22(13-23(27)28)26-24(29)30-14-21-19-10-3-1-8-17(19)18-9-2-4-11-20(18)21/h1-12,21-22H,13-14H2,(H,26,29)(H,27,28)/p-1/t22-/m0/s1. The maximum absolute atomic E-state index is 13.5. The topological polar surface area (TPSA) is 78.5 Å². The summed E-state index contributed by atoms with van der Waals surface area (Å²) in [5.74, 6) is -2.00. The van der Waals surface area contributed by atoms with Crippen LogP contribution in [0.2, 0.25) is 0 Å². The summed E-state index contributed by atoms with van der Waals surface area (Å²) in [7, 11) is 0. The number of hydrogen-bond acceptors (Lipinski definition) is 4. The summed E-state index contributed by atoms with van der Waals surface area (Å²) in [6.45, 7) is 0.0983. The van der Waals surface area contributed by atoms with Crippen LogP contribution in [0, 0.1) is 5.82 Å². The molecule has 0 saturated heterocycles. The van der Waals surface area contributed by atoms with E-state index in [1.54, 1.807) is 6.07 Å². The number of halogens is 1. The fraction of sp³-hybridized carbons (Fsp3) is 0.167. The van der Waals surface area contributed by atoms with Gasteiger partial charge in [0.2, 0.25) is 0 Å². The van der Waals surface area contributed by atoms with Gasteiger partial charge in [0.1, 0.15) is 12.4 Å². The van der Waals surface area contributed by atoms with Crippen LogP contribution in [0.1, 0.15) is 35.1 Å². The minimum absolute atomic E-state index is 0.0983. The van der Waals surface area contributed by atoms with Crippen molar-refractivity contribution in [3.8, 4) is 11.1 Å². The Morgan fingerprint density at radius 3 is 2.20 bits per heavy atom. The van der Waals surface area contributed by atoms with Gasteiger partial charge in [0, 0.05) is 18.3 Å². The molecular weight excluding hydrogens is 385 g/mol. The second-order valence-electron chi connectivity index (χ2n) is 7.15. The zero-order valence-electron chi connectivity index (χ0n) is 16.0. The number of carbonyl (C=O) groups is 2. The Kier molecular flexibility index (Phi) is 5.48. The number of rotatable bonds is 6. The van der Waals surface area contributed by atoms with Gasteiger partial charge in [-0.2, -0.15) is 0 Å². The molecule has 0 unspecified atom stereocenters. The average molecular weight is 404 g/mol. The Morgan fingerprint density at radius 2 is 1.60 bits per heavy atom. The van der Waals surface area contributed by atoms with Crippen LogP contribution in [-0.4, -0.2) is 18.7 Å². The van der Waals surface area contributed by atoms with Crippen molar-refractivity contribution in [2.45, 2.75) is 18.4 Å². The number of hydrogen-bond donors (Lipinski definition) is 1. The molecule has 1 atom stereocenters. The molecule has 1 amide bonds. The summed E-state index contributed by atoms with van der Waals surface area (Å²) in [6.07, 6.45) is -1.26. The van der Waals surface area contributed by atoms with Crippen molar-refractivity contribution in [3.63, 3.8) is 0 Å². The van der Waals surface area contributed by atoms with Gasteiger partial charge in [-0.05, 0) is 39.9 Å². The number of carboxylic acids is 1. The van der Waals surface area contributed by atoms with Crippen LogP contribution in [-0.2, 0) is 9.53 Å². The van der Waals surface area contributed by atoms with Crippen LogP contribution >= 0.6 is 0 Å². The maximum Gasteiger partial charge on any atom is 0.407 e. The highest BCUT2D eigenvalue weighted by atomic mass is 19.1. The van der Waals surface area contributed by atoms with Crippen LogP contribution in [0.3, 0.4) is 0 Å². The maximum atomic E-state index is 13.5. The van der Waals surface area contributed by atoms with E-state index >= 15 is 0 Å². The van der Waals surface area contributed by atoms with Crippen molar-refractivity contribution < 1.29 is 23.8 Å². The smallest absolute Gasteiger partial charge is 0.407 e. The van der Waals surface area contributed by atoms with Gasteiger partial charge in [-0.1, -0.05) is 60.7 Å². The summed E-state index contributed by atoms with van der Waals surface area (Å²) in [5, 5.41) is 13.6. The van der Waals surface area contributed by atoms with Crippen molar-refractivity contribution >= 4 is 12.1 Å². The lowest BCUT2D eigenvalue weighted by molar-refractivity contribution is -0.306. The molecular formula is C24H19FNO4-. The summed E-state index contributed by atoms with van der Waals surface area (Å²) in [6, 6.07) is 20.4. The molecule has 0 aliphatic heterocycles. The highest BCUT2D eigenvalue weighted by Crippen LogP contribution is 2.44. The number of carboxylic acid groups (broad SMARTS) is 1. The number of fused-ring (bicyclic) bond motifs is 3. The van der Waals surface area contributed by atoms with Crippen LogP contribution in [0.25, 0.3) is 11.1 Å². The first-order chi connectivity index (χ1) is 14.5. The second-order valence-corrected chi connectivity index (χ2v) is 7.15. The molecule has 0 aromatic heterocycles. The number of nitrogens with one attached hydrogen (secondary N) is 1. The van der Waals surface area contributed by atoms with E-state index < -0.39 is 30.3 Å². The highest BCUT2D eigenvalue weighted by Gasteiger charge is 2.29. The lowest BCUT2D eigenvalue weighted by Crippen LogP contribution is -2.35. The van der Waals surface area contributed by atoms with Gasteiger partial charge < -0.3 is 20.0 Å². The molecule has 0 bridgehead atoms. The number of carbonyl (C=O) groups excluding carboxylic acids is 2. The minimum Gasteiger partial charge on any atom is -0.550 e. The van der Waals surface area contributed by atoms with Gasteiger partial charge in [-0.25, -0.2) is 9.18 Å². The lowest BCUT2D eigenvalue weighted by atomic mass is 9.98. The van der Waals surface area contributed by atoms with E-state index in [1.807, 2.05) is 48.5 Å². The van der Waals surface area contributed by atoms with E-state index in [-0.39, 0.29) is 12.5 Å². The quantitative estimate of drug-likeness (QED) is 0.682. The Labute approximate surface area is 173 Å². The first-order valence-electron chi connectivity index (χ1n) is 9.59. The minimum atomic E-state index is -1.36. The zero-order valence-corrected chi connectivity index (χ0v) is 16.0. The van der Waals surface area contributed by atoms with Crippen molar-refractivity contribution in [1.82, 2.24) is 5.32 Å². The molecule has 3 aromatic rings. The molecule has 0 heterocycles. The number of aliphatic carboxylic acids is 1. The van der Waals surface area contributed by atoms with Gasteiger partial charge in [0.25, 0.3) is 0 Å².